The van der Waals surface area contributed by atoms with E-state index in [9.17, 15) is 0 Å². The highest BCUT2D eigenvalue weighted by Crippen LogP contribution is 2.23. The van der Waals surface area contributed by atoms with Gasteiger partial charge in [-0.15, -0.1) is 0 Å². The van der Waals surface area contributed by atoms with Gasteiger partial charge in [0.2, 0.25) is 0 Å². The molecular formula is C15H18N2O. The Balaban J connectivity index is 2.20. The summed E-state index contributed by atoms with van der Waals surface area (Å²) in [7, 11) is 0. The van der Waals surface area contributed by atoms with E-state index < -0.39 is 0 Å². The van der Waals surface area contributed by atoms with Crippen molar-refractivity contribution in [2.75, 3.05) is 17.7 Å². The summed E-state index contributed by atoms with van der Waals surface area (Å²) in [6.45, 7) is 4.67. The lowest BCUT2D eigenvalue weighted by Gasteiger charge is -2.10. The highest BCUT2D eigenvalue weighted by atomic mass is 16.5. The van der Waals surface area contributed by atoms with Crippen LogP contribution in [0, 0.1) is 6.92 Å². The minimum atomic E-state index is 0.668. The summed E-state index contributed by atoms with van der Waals surface area (Å²) in [5.41, 5.74) is 9.70. The van der Waals surface area contributed by atoms with Crippen molar-refractivity contribution in [3.63, 3.8) is 0 Å². The van der Waals surface area contributed by atoms with Crippen molar-refractivity contribution in [2.45, 2.75) is 13.8 Å². The largest absolute Gasteiger partial charge is 0.494 e. The van der Waals surface area contributed by atoms with E-state index in [2.05, 4.69) is 11.4 Å². The second-order valence-electron chi connectivity index (χ2n) is 4.22. The van der Waals surface area contributed by atoms with Gasteiger partial charge < -0.3 is 15.8 Å². The molecule has 3 N–H and O–H groups in total. The summed E-state index contributed by atoms with van der Waals surface area (Å²) in [6.07, 6.45) is 0. The number of nitrogens with one attached hydrogen (secondary N) is 1. The molecular weight excluding hydrogens is 224 g/mol. The van der Waals surface area contributed by atoms with E-state index in [0.717, 1.165) is 28.4 Å². The molecule has 0 aliphatic heterocycles. The molecule has 3 heteroatoms. The molecule has 2 rings (SSSR count). The third-order valence-electron chi connectivity index (χ3n) is 2.53. The van der Waals surface area contributed by atoms with Gasteiger partial charge >= 0.3 is 0 Å². The molecule has 0 heterocycles. The Morgan fingerprint density at radius 3 is 2.67 bits per heavy atom. The van der Waals surface area contributed by atoms with E-state index in [1.165, 1.54) is 0 Å². The molecule has 0 saturated heterocycles. The first kappa shape index (κ1) is 12.3. The zero-order valence-corrected chi connectivity index (χ0v) is 10.7. The van der Waals surface area contributed by atoms with Crippen LogP contribution >= 0.6 is 0 Å². The van der Waals surface area contributed by atoms with Gasteiger partial charge in [0.1, 0.15) is 5.75 Å². The Kier molecular flexibility index (Phi) is 3.72. The summed E-state index contributed by atoms with van der Waals surface area (Å²) in [4.78, 5) is 0. The van der Waals surface area contributed by atoms with Crippen LogP contribution in [-0.4, -0.2) is 6.61 Å². The van der Waals surface area contributed by atoms with Crippen molar-refractivity contribution >= 4 is 17.1 Å². The molecule has 18 heavy (non-hydrogen) atoms. The molecule has 0 aliphatic rings. The molecule has 0 atom stereocenters. The van der Waals surface area contributed by atoms with Gasteiger partial charge in [-0.2, -0.15) is 0 Å². The van der Waals surface area contributed by atoms with Gasteiger partial charge in [0.15, 0.2) is 0 Å². The van der Waals surface area contributed by atoms with Crippen LogP contribution in [0.5, 0.6) is 5.75 Å². The Morgan fingerprint density at radius 2 is 1.94 bits per heavy atom. The first-order chi connectivity index (χ1) is 8.67. The molecule has 0 aromatic heterocycles. The highest BCUT2D eigenvalue weighted by Gasteiger charge is 1.99. The lowest BCUT2D eigenvalue weighted by molar-refractivity contribution is 0.340. The molecule has 0 fully saturated rings. The van der Waals surface area contributed by atoms with E-state index in [1.54, 1.807) is 0 Å². The summed E-state index contributed by atoms with van der Waals surface area (Å²) in [6, 6.07) is 13.8. The fraction of sp³-hybridized carbons (Fsp3) is 0.200. The quantitative estimate of drug-likeness (QED) is 0.803. The number of benzene rings is 2. The zero-order chi connectivity index (χ0) is 13.0. The Labute approximate surface area is 108 Å². The Bertz CT molecular complexity index is 518. The van der Waals surface area contributed by atoms with Gasteiger partial charge in [-0.1, -0.05) is 6.07 Å². The van der Waals surface area contributed by atoms with E-state index in [1.807, 2.05) is 50.2 Å². The SMILES string of the molecule is CCOc1cccc(Nc2cc(C)cc(N)c2)c1. The van der Waals surface area contributed by atoms with Gasteiger partial charge in [-0.05, 0) is 49.7 Å². The van der Waals surface area contributed by atoms with E-state index in [0.29, 0.717) is 6.61 Å². The number of hydrogen-bond donors (Lipinski definition) is 2. The summed E-state index contributed by atoms with van der Waals surface area (Å²) in [5.74, 6) is 0.864. The minimum Gasteiger partial charge on any atom is -0.494 e. The predicted molar refractivity (Wildman–Crippen MR) is 76.5 cm³/mol. The van der Waals surface area contributed by atoms with Gasteiger partial charge in [0.05, 0.1) is 6.61 Å². The Hall–Kier alpha value is -2.16. The molecule has 2 aromatic rings. The van der Waals surface area contributed by atoms with Crippen LogP contribution in [0.15, 0.2) is 42.5 Å². The fourth-order valence-corrected chi connectivity index (χ4v) is 1.88. The normalized spacial score (nSPS) is 10.1. The first-order valence-corrected chi connectivity index (χ1v) is 6.04. The van der Waals surface area contributed by atoms with Gasteiger partial charge in [-0.25, -0.2) is 0 Å². The van der Waals surface area contributed by atoms with Crippen LogP contribution < -0.4 is 15.8 Å². The van der Waals surface area contributed by atoms with Crippen molar-refractivity contribution in [3.8, 4) is 5.75 Å². The van der Waals surface area contributed by atoms with Gasteiger partial charge in [0.25, 0.3) is 0 Å². The lowest BCUT2D eigenvalue weighted by atomic mass is 10.2. The highest BCUT2D eigenvalue weighted by molar-refractivity contribution is 5.65. The standard InChI is InChI=1S/C15H18N2O/c1-3-18-15-6-4-5-13(10-15)17-14-8-11(2)7-12(16)9-14/h4-10,17H,3,16H2,1-2H3. The number of hydrogen-bond acceptors (Lipinski definition) is 3. The maximum atomic E-state index is 5.83. The van der Waals surface area contributed by atoms with Crippen molar-refractivity contribution in [3.05, 3.63) is 48.0 Å². The topological polar surface area (TPSA) is 47.3 Å². The van der Waals surface area contributed by atoms with Gasteiger partial charge in [-0.3, -0.25) is 0 Å². The third-order valence-corrected chi connectivity index (χ3v) is 2.53. The second-order valence-corrected chi connectivity index (χ2v) is 4.22. The maximum Gasteiger partial charge on any atom is 0.121 e. The van der Waals surface area contributed by atoms with Crippen molar-refractivity contribution in [1.82, 2.24) is 0 Å². The molecule has 0 saturated carbocycles. The van der Waals surface area contributed by atoms with Crippen molar-refractivity contribution < 1.29 is 4.74 Å². The monoisotopic (exact) mass is 242 g/mol. The molecule has 2 aromatic carbocycles. The summed E-state index contributed by atoms with van der Waals surface area (Å²) >= 11 is 0. The summed E-state index contributed by atoms with van der Waals surface area (Å²) < 4.78 is 5.47. The maximum absolute atomic E-state index is 5.83. The van der Waals surface area contributed by atoms with Crippen molar-refractivity contribution in [1.29, 1.82) is 0 Å². The van der Waals surface area contributed by atoms with E-state index in [-0.39, 0.29) is 0 Å². The molecule has 0 spiro atoms. The Morgan fingerprint density at radius 1 is 1.11 bits per heavy atom. The van der Waals surface area contributed by atoms with Crippen LogP contribution in [0.1, 0.15) is 12.5 Å². The number of nitrogens with two attached hydrogens (primary N) is 1. The molecule has 0 amide bonds. The number of nitrogen functional groups attached to an aromatic ring is 1. The predicted octanol–water partition coefficient (Wildman–Crippen LogP) is 3.72. The molecule has 0 radical (unpaired) electrons. The fourth-order valence-electron chi connectivity index (χ4n) is 1.88. The van der Waals surface area contributed by atoms with Crippen LogP contribution in [0.3, 0.4) is 0 Å². The average molecular weight is 242 g/mol. The van der Waals surface area contributed by atoms with Crippen LogP contribution in [-0.2, 0) is 0 Å². The van der Waals surface area contributed by atoms with Crippen molar-refractivity contribution in [2.24, 2.45) is 0 Å². The second kappa shape index (κ2) is 5.45. The van der Waals surface area contributed by atoms with Crippen LogP contribution in [0.4, 0.5) is 17.1 Å². The minimum absolute atomic E-state index is 0.668. The molecule has 0 aliphatic carbocycles. The van der Waals surface area contributed by atoms with Gasteiger partial charge in [0, 0.05) is 23.1 Å². The molecule has 3 nitrogen and oxygen atoms in total. The molecule has 94 valence electrons. The van der Waals surface area contributed by atoms with Crippen LogP contribution in [0.25, 0.3) is 0 Å². The average Bonchev–Trinajstić information content (AvgIpc) is 2.28. The number of anilines is 3. The summed E-state index contributed by atoms with van der Waals surface area (Å²) in [5, 5.41) is 3.32. The number of aryl methyl sites for hydroxylation is 1. The smallest absolute Gasteiger partial charge is 0.121 e. The number of rotatable bonds is 4. The first-order valence-electron chi connectivity index (χ1n) is 6.04. The van der Waals surface area contributed by atoms with E-state index >= 15 is 0 Å². The third kappa shape index (κ3) is 3.17. The van der Waals surface area contributed by atoms with Crippen LogP contribution in [0.2, 0.25) is 0 Å². The lowest BCUT2D eigenvalue weighted by Crippen LogP contribution is -1.95. The molecule has 0 unspecified atom stereocenters. The number of ether oxygens (including phenoxy) is 1. The van der Waals surface area contributed by atoms with E-state index in [4.69, 9.17) is 10.5 Å². The molecule has 0 bridgehead atoms. The zero-order valence-electron chi connectivity index (χ0n) is 10.7.